The van der Waals surface area contributed by atoms with Crippen molar-refractivity contribution in [3.8, 4) is 0 Å². The summed E-state index contributed by atoms with van der Waals surface area (Å²) in [6.07, 6.45) is 0. The molecule has 0 aromatic carbocycles. The molecule has 0 amide bonds. The van der Waals surface area contributed by atoms with Gasteiger partial charge in [-0.3, -0.25) is 0 Å². The standard InChI is InChI=1S/2C2H6N2.2ClH.Co/c2*3-1-2-4;;;/h2*3-4H,1-2H2;2*1H;/q2*-2;;;+3/p-2. The second kappa shape index (κ2) is 30.7. The van der Waals surface area contributed by atoms with E-state index in [1.54, 1.807) is 0 Å². The third-order valence-corrected chi connectivity index (χ3v) is 0.250. The van der Waals surface area contributed by atoms with E-state index < -0.39 is 0 Å². The molecule has 0 saturated carbocycles. The topological polar surface area (TPSA) is 95.2 Å². The second-order valence-electron chi connectivity index (χ2n) is 1.05. The van der Waals surface area contributed by atoms with Crippen LogP contribution in [0.3, 0.4) is 0 Å². The molecule has 0 aliphatic heterocycles. The van der Waals surface area contributed by atoms with Gasteiger partial charge in [0.1, 0.15) is 0 Å². The normalized spacial score (nSPS) is 7.45. The van der Waals surface area contributed by atoms with Crippen LogP contribution < -0.4 is 0 Å². The SMILES string of the molecule is [Cl][Co+][Cl].[NH-]CC[NH-].[NH-]CC[NH-]. The van der Waals surface area contributed by atoms with Gasteiger partial charge in [0, 0.05) is 0 Å². The molecule has 4 N–H and O–H groups in total. The van der Waals surface area contributed by atoms with Crippen LogP contribution in [-0.4, -0.2) is 26.2 Å². The Balaban J connectivity index is -0.0000000886. The summed E-state index contributed by atoms with van der Waals surface area (Å²) in [4.78, 5) is 0. The summed E-state index contributed by atoms with van der Waals surface area (Å²) in [7, 11) is 9.47. The van der Waals surface area contributed by atoms with E-state index in [-0.39, 0.29) is 26.2 Å². The molecule has 0 heterocycles. The van der Waals surface area contributed by atoms with Crippen LogP contribution in [0.15, 0.2) is 0 Å². The zero-order chi connectivity index (χ0) is 9.54. The van der Waals surface area contributed by atoms with Gasteiger partial charge in [-0.05, 0) is 0 Å². The first-order valence-electron chi connectivity index (χ1n) is 2.67. The van der Waals surface area contributed by atoms with Crippen LogP contribution in [0.4, 0.5) is 0 Å². The third-order valence-electron chi connectivity index (χ3n) is 0.250. The predicted molar refractivity (Wildman–Crippen MR) is 48.5 cm³/mol. The number of hydrogen-bond acceptors (Lipinski definition) is 0. The van der Waals surface area contributed by atoms with E-state index in [9.17, 15) is 0 Å². The van der Waals surface area contributed by atoms with Crippen LogP contribution in [0.1, 0.15) is 0 Å². The Morgan fingerprint density at radius 3 is 0.818 bits per heavy atom. The summed E-state index contributed by atoms with van der Waals surface area (Å²) in [6.45, 7) is 0.944. The van der Waals surface area contributed by atoms with Gasteiger partial charge in [-0.25, -0.2) is 0 Å². The second-order valence-corrected chi connectivity index (χ2v) is 2.77. The molecule has 0 rings (SSSR count). The first-order valence-corrected chi connectivity index (χ1v) is 5.53. The largest absolute Gasteiger partial charge is 0.679 e. The molecule has 74 valence electrons. The molecule has 4 nitrogen and oxygen atoms in total. The minimum Gasteiger partial charge on any atom is -0.679 e. The van der Waals surface area contributed by atoms with Crippen LogP contribution in [0.2, 0.25) is 0 Å². The number of rotatable bonds is 2. The number of nitrogens with one attached hydrogen (secondary N) is 4. The molecule has 0 aliphatic rings. The summed E-state index contributed by atoms with van der Waals surface area (Å²) >= 11 is 0.382. The van der Waals surface area contributed by atoms with Gasteiger partial charge in [-0.2, -0.15) is 26.2 Å². The monoisotopic (exact) mass is 245 g/mol. The first kappa shape index (κ1) is 17.9. The number of halogens is 2. The summed E-state index contributed by atoms with van der Waals surface area (Å²) in [5.74, 6) is 0. The van der Waals surface area contributed by atoms with Gasteiger partial charge < -0.3 is 22.9 Å². The molecule has 0 saturated heterocycles. The molecule has 0 fully saturated rings. The molecule has 0 aliphatic carbocycles. The van der Waals surface area contributed by atoms with Gasteiger partial charge in [-0.1, -0.05) is 0 Å². The maximum absolute atomic E-state index is 6.26. The molecule has 0 unspecified atom stereocenters. The van der Waals surface area contributed by atoms with Crippen LogP contribution in [0, 0.1) is 0 Å². The van der Waals surface area contributed by atoms with Crippen LogP contribution >= 0.6 is 20.3 Å². The fourth-order valence-electron chi connectivity index (χ4n) is 0. The van der Waals surface area contributed by atoms with Gasteiger partial charge in [0.25, 0.3) is 0 Å². The quantitative estimate of drug-likeness (QED) is 0.711. The van der Waals surface area contributed by atoms with Crippen LogP contribution in [0.25, 0.3) is 22.9 Å². The average Bonchev–Trinajstić information content (AvgIpc) is 2.06. The van der Waals surface area contributed by atoms with Gasteiger partial charge in [0.05, 0.1) is 0 Å². The Hall–Kier alpha value is 0.926. The van der Waals surface area contributed by atoms with E-state index in [0.29, 0.717) is 12.9 Å². The number of hydrogen-bond donors (Lipinski definition) is 0. The van der Waals surface area contributed by atoms with Crippen LogP contribution in [0.5, 0.6) is 0 Å². The van der Waals surface area contributed by atoms with Crippen molar-refractivity contribution in [2.24, 2.45) is 0 Å². The van der Waals surface area contributed by atoms with E-state index in [4.69, 9.17) is 43.2 Å². The van der Waals surface area contributed by atoms with Crippen molar-refractivity contribution < 1.29 is 12.9 Å². The van der Waals surface area contributed by atoms with Crippen molar-refractivity contribution in [2.45, 2.75) is 0 Å². The van der Waals surface area contributed by atoms with E-state index in [1.807, 2.05) is 0 Å². The molecular weight excluding hydrogens is 234 g/mol. The van der Waals surface area contributed by atoms with Crippen LogP contribution in [-0.2, 0) is 12.9 Å². The van der Waals surface area contributed by atoms with E-state index >= 15 is 0 Å². The smallest absolute Gasteiger partial charge is 0.171 e. The van der Waals surface area contributed by atoms with E-state index in [1.165, 1.54) is 0 Å². The minimum atomic E-state index is 0.236. The van der Waals surface area contributed by atoms with Gasteiger partial charge in [0.2, 0.25) is 0 Å². The Kier molecular flexibility index (Phi) is 49.8. The van der Waals surface area contributed by atoms with E-state index in [2.05, 4.69) is 0 Å². The molecule has 0 spiro atoms. The van der Waals surface area contributed by atoms with Gasteiger partial charge >= 0.3 is 33.2 Å². The summed E-state index contributed by atoms with van der Waals surface area (Å²) in [6, 6.07) is 0. The molecule has 11 heavy (non-hydrogen) atoms. The molecule has 0 aromatic rings. The first-order chi connectivity index (χ1) is 5.24. The molecule has 7 heteroatoms. The average molecular weight is 246 g/mol. The summed E-state index contributed by atoms with van der Waals surface area (Å²) < 4.78 is 0. The fraction of sp³-hybridized carbons (Fsp3) is 1.00. The maximum Gasteiger partial charge on any atom is -0.171 e. The van der Waals surface area contributed by atoms with Crippen molar-refractivity contribution in [3.63, 3.8) is 0 Å². The Morgan fingerprint density at radius 1 is 0.727 bits per heavy atom. The molecular formula is C4H12Cl2CoN4-3. The molecule has 0 bridgehead atoms. The van der Waals surface area contributed by atoms with Gasteiger partial charge in [0.15, 0.2) is 0 Å². The summed E-state index contributed by atoms with van der Waals surface area (Å²) in [5.41, 5.74) is 25.1. The Morgan fingerprint density at radius 2 is 0.818 bits per heavy atom. The Bertz CT molecular complexity index is 35.3. The van der Waals surface area contributed by atoms with Crippen molar-refractivity contribution in [3.05, 3.63) is 22.9 Å². The van der Waals surface area contributed by atoms with Crippen molar-refractivity contribution in [2.75, 3.05) is 26.2 Å². The van der Waals surface area contributed by atoms with Crippen molar-refractivity contribution in [1.29, 1.82) is 0 Å². The fourth-order valence-corrected chi connectivity index (χ4v) is 0. The third kappa shape index (κ3) is 102. The Labute approximate surface area is 82.4 Å². The summed E-state index contributed by atoms with van der Waals surface area (Å²) in [5, 5.41) is 0. The molecule has 0 aromatic heterocycles. The molecule has 0 radical (unpaired) electrons. The maximum atomic E-state index is 6.26. The van der Waals surface area contributed by atoms with Gasteiger partial charge in [-0.15, -0.1) is 0 Å². The zero-order valence-electron chi connectivity index (χ0n) is 5.92. The van der Waals surface area contributed by atoms with E-state index in [0.717, 1.165) is 0 Å². The van der Waals surface area contributed by atoms with Crippen molar-refractivity contribution in [1.82, 2.24) is 0 Å². The minimum absolute atomic E-state index is 0.236. The zero-order valence-corrected chi connectivity index (χ0v) is 8.47. The molecule has 0 atom stereocenters. The predicted octanol–water partition coefficient (Wildman–Crippen LogP) is 3.56. The van der Waals surface area contributed by atoms with Crippen molar-refractivity contribution >= 4 is 20.3 Å².